The molecule has 0 saturated heterocycles. The van der Waals surface area contributed by atoms with Crippen molar-refractivity contribution in [3.8, 4) is 5.88 Å². The third kappa shape index (κ3) is 17.8. The van der Waals surface area contributed by atoms with Crippen LogP contribution in [0.15, 0.2) is 22.8 Å². The van der Waals surface area contributed by atoms with Crippen molar-refractivity contribution in [2.75, 3.05) is 72.7 Å². The highest BCUT2D eigenvalue weighted by molar-refractivity contribution is 9.10. The van der Waals surface area contributed by atoms with Crippen molar-refractivity contribution in [2.45, 2.75) is 27.2 Å². The van der Waals surface area contributed by atoms with Gasteiger partial charge < -0.3 is 28.4 Å². The summed E-state index contributed by atoms with van der Waals surface area (Å²) < 4.78 is 33.7. The molecule has 0 aliphatic rings. The Hall–Kier alpha value is -0.770. The Morgan fingerprint density at radius 1 is 0.724 bits per heavy atom. The molecule has 1 rings (SSSR count). The number of nitrogens with zero attached hydrogens (tertiary/aromatic N) is 1. The summed E-state index contributed by atoms with van der Waals surface area (Å²) in [6.45, 7) is 12.8. The van der Waals surface area contributed by atoms with E-state index in [0.717, 1.165) is 17.5 Å². The van der Waals surface area contributed by atoms with Crippen LogP contribution in [-0.4, -0.2) is 77.7 Å². The van der Waals surface area contributed by atoms with Gasteiger partial charge in [-0.3, -0.25) is 0 Å². The van der Waals surface area contributed by atoms with Crippen LogP contribution in [0.5, 0.6) is 5.88 Å². The molecule has 0 amide bonds. The molecular weight excluding hydrogens is 442 g/mol. The summed E-state index contributed by atoms with van der Waals surface area (Å²) in [6, 6.07) is 3.67. The molecule has 0 bridgehead atoms. The second-order valence-electron chi connectivity index (χ2n) is 7.53. The van der Waals surface area contributed by atoms with Crippen LogP contribution in [0.1, 0.15) is 27.2 Å². The average molecular weight is 478 g/mol. The number of rotatable bonds is 18. The second kappa shape index (κ2) is 17.0. The first-order chi connectivity index (χ1) is 14.0. The van der Waals surface area contributed by atoms with Crippen LogP contribution in [0, 0.1) is 5.41 Å². The lowest BCUT2D eigenvalue weighted by Crippen LogP contribution is -2.15. The van der Waals surface area contributed by atoms with Crippen LogP contribution in [0.3, 0.4) is 0 Å². The first-order valence-electron chi connectivity index (χ1n) is 10.1. The maximum absolute atomic E-state index is 5.53. The SMILES string of the molecule is CC(C)(C)CCOCCOCCOCCOCCOCCOc1cc(Br)ccn1. The maximum Gasteiger partial charge on any atom is 0.214 e. The van der Waals surface area contributed by atoms with E-state index < -0.39 is 0 Å². The Morgan fingerprint density at radius 3 is 1.62 bits per heavy atom. The van der Waals surface area contributed by atoms with Crippen molar-refractivity contribution in [3.63, 3.8) is 0 Å². The number of hydrogen-bond acceptors (Lipinski definition) is 7. The predicted molar refractivity (Wildman–Crippen MR) is 116 cm³/mol. The summed E-state index contributed by atoms with van der Waals surface area (Å²) >= 11 is 3.37. The van der Waals surface area contributed by atoms with Gasteiger partial charge in [0.25, 0.3) is 0 Å². The van der Waals surface area contributed by atoms with E-state index in [-0.39, 0.29) is 0 Å². The highest BCUT2D eigenvalue weighted by atomic mass is 79.9. The highest BCUT2D eigenvalue weighted by Crippen LogP contribution is 2.17. The van der Waals surface area contributed by atoms with Crippen LogP contribution < -0.4 is 4.74 Å². The van der Waals surface area contributed by atoms with E-state index in [1.54, 1.807) is 6.20 Å². The third-order valence-electron chi connectivity index (χ3n) is 3.66. The topological polar surface area (TPSA) is 68.3 Å². The fourth-order valence-electron chi connectivity index (χ4n) is 2.03. The average Bonchev–Trinajstić information content (AvgIpc) is 2.66. The normalized spacial score (nSPS) is 11.7. The summed E-state index contributed by atoms with van der Waals surface area (Å²) in [5, 5.41) is 0. The molecule has 0 saturated carbocycles. The van der Waals surface area contributed by atoms with Gasteiger partial charge in [-0.2, -0.15) is 0 Å². The summed E-state index contributed by atoms with van der Waals surface area (Å²) in [6.07, 6.45) is 2.74. The molecule has 0 aliphatic heterocycles. The van der Waals surface area contributed by atoms with Crippen molar-refractivity contribution in [2.24, 2.45) is 5.41 Å². The predicted octanol–water partition coefficient (Wildman–Crippen LogP) is 3.74. The Kier molecular flexibility index (Phi) is 15.4. The Balaban J connectivity index is 1.73. The van der Waals surface area contributed by atoms with Gasteiger partial charge in [-0.15, -0.1) is 0 Å². The summed E-state index contributed by atoms with van der Waals surface area (Å²) in [5.41, 5.74) is 0.315. The molecule has 0 atom stereocenters. The van der Waals surface area contributed by atoms with Crippen LogP contribution in [0.4, 0.5) is 0 Å². The van der Waals surface area contributed by atoms with Crippen LogP contribution in [0.25, 0.3) is 0 Å². The second-order valence-corrected chi connectivity index (χ2v) is 8.45. The van der Waals surface area contributed by atoms with E-state index in [0.29, 0.717) is 77.4 Å². The molecule has 168 valence electrons. The molecule has 7 nitrogen and oxygen atoms in total. The quantitative estimate of drug-likeness (QED) is 0.298. The zero-order valence-electron chi connectivity index (χ0n) is 18.0. The smallest absolute Gasteiger partial charge is 0.214 e. The monoisotopic (exact) mass is 477 g/mol. The van der Waals surface area contributed by atoms with Crippen molar-refractivity contribution in [1.82, 2.24) is 4.98 Å². The lowest BCUT2D eigenvalue weighted by Gasteiger charge is -2.17. The van der Waals surface area contributed by atoms with Gasteiger partial charge in [-0.05, 0) is 17.9 Å². The lowest BCUT2D eigenvalue weighted by molar-refractivity contribution is -0.0139. The van der Waals surface area contributed by atoms with Gasteiger partial charge in [-0.1, -0.05) is 36.7 Å². The molecular formula is C21H36BrNO6. The summed E-state index contributed by atoms with van der Waals surface area (Å²) in [5.74, 6) is 0.577. The standard InChI is InChI=1S/C21H36BrNO6/c1-21(2,3)5-7-24-8-9-25-10-11-26-12-13-27-14-15-28-16-17-29-20-18-19(22)4-6-23-20/h4,6,18H,5,7-17H2,1-3H3. The molecule has 0 aliphatic carbocycles. The Bertz CT molecular complexity index is 512. The molecule has 0 radical (unpaired) electrons. The van der Waals surface area contributed by atoms with Crippen molar-refractivity contribution in [1.29, 1.82) is 0 Å². The fourth-order valence-corrected chi connectivity index (χ4v) is 2.34. The summed E-state index contributed by atoms with van der Waals surface area (Å²) in [7, 11) is 0. The molecule has 0 fully saturated rings. The number of hydrogen-bond donors (Lipinski definition) is 0. The zero-order chi connectivity index (χ0) is 21.2. The minimum absolute atomic E-state index is 0.315. The zero-order valence-corrected chi connectivity index (χ0v) is 19.6. The van der Waals surface area contributed by atoms with E-state index in [9.17, 15) is 0 Å². The Labute approximate surface area is 183 Å². The van der Waals surface area contributed by atoms with Gasteiger partial charge in [0, 0.05) is 23.3 Å². The first-order valence-corrected chi connectivity index (χ1v) is 10.9. The molecule has 29 heavy (non-hydrogen) atoms. The van der Waals surface area contributed by atoms with Crippen molar-refractivity contribution in [3.05, 3.63) is 22.8 Å². The molecule has 1 heterocycles. The number of ether oxygens (including phenoxy) is 6. The lowest BCUT2D eigenvalue weighted by atomic mass is 9.93. The van der Waals surface area contributed by atoms with Gasteiger partial charge in [0.1, 0.15) is 6.61 Å². The molecule has 0 spiro atoms. The molecule has 8 heteroatoms. The fraction of sp³-hybridized carbons (Fsp3) is 0.762. The minimum atomic E-state index is 0.315. The van der Waals surface area contributed by atoms with Crippen molar-refractivity contribution < 1.29 is 28.4 Å². The maximum atomic E-state index is 5.53. The van der Waals surface area contributed by atoms with Gasteiger partial charge in [0.15, 0.2) is 0 Å². The van der Waals surface area contributed by atoms with E-state index in [2.05, 4.69) is 41.7 Å². The van der Waals surface area contributed by atoms with E-state index in [1.165, 1.54) is 0 Å². The minimum Gasteiger partial charge on any atom is -0.475 e. The number of halogens is 1. The van der Waals surface area contributed by atoms with Crippen molar-refractivity contribution >= 4 is 15.9 Å². The van der Waals surface area contributed by atoms with E-state index in [1.807, 2.05) is 12.1 Å². The third-order valence-corrected chi connectivity index (χ3v) is 4.15. The Morgan fingerprint density at radius 2 is 1.17 bits per heavy atom. The van der Waals surface area contributed by atoms with Gasteiger partial charge in [0.2, 0.25) is 5.88 Å². The van der Waals surface area contributed by atoms with Crippen LogP contribution in [0.2, 0.25) is 0 Å². The van der Waals surface area contributed by atoms with E-state index >= 15 is 0 Å². The number of pyridine rings is 1. The molecule has 0 aromatic carbocycles. The van der Waals surface area contributed by atoms with Gasteiger partial charge in [-0.25, -0.2) is 4.98 Å². The molecule has 0 unspecified atom stereocenters. The first kappa shape index (κ1) is 26.3. The van der Waals surface area contributed by atoms with Crippen LogP contribution >= 0.6 is 15.9 Å². The number of aromatic nitrogens is 1. The summed E-state index contributed by atoms with van der Waals surface area (Å²) in [4.78, 5) is 4.10. The van der Waals surface area contributed by atoms with E-state index in [4.69, 9.17) is 28.4 Å². The molecule has 1 aromatic rings. The highest BCUT2D eigenvalue weighted by Gasteiger charge is 2.08. The van der Waals surface area contributed by atoms with Gasteiger partial charge in [0.05, 0.1) is 59.5 Å². The van der Waals surface area contributed by atoms with Crippen LogP contribution in [-0.2, 0) is 23.7 Å². The molecule has 1 aromatic heterocycles. The largest absolute Gasteiger partial charge is 0.475 e. The van der Waals surface area contributed by atoms with Gasteiger partial charge >= 0.3 is 0 Å². The molecule has 0 N–H and O–H groups in total.